The molecule has 0 saturated carbocycles. The zero-order valence-corrected chi connectivity index (χ0v) is 16.3. The standard InChI is InChI=1S/C18H17N4O3.HI/c1-19-11-4-12-20-15-5-2-3-6-16(15)21(23)17(18(19)20)13-7-9-14(10-8-13)22(24)25;/h2-3,5-10H,4,11-12H2,1H3;1H/q+1;/p-1. The number of nitro groups is 1. The molecule has 26 heavy (non-hydrogen) atoms. The van der Waals surface area contributed by atoms with Crippen molar-refractivity contribution in [3.8, 4) is 11.3 Å². The second-order valence-corrected chi connectivity index (χ2v) is 6.19. The summed E-state index contributed by atoms with van der Waals surface area (Å²) in [7, 11) is 1.97. The fraction of sp³-hybridized carbons (Fsp3) is 0.222. The van der Waals surface area contributed by atoms with E-state index >= 15 is 0 Å². The highest BCUT2D eigenvalue weighted by atomic mass is 127. The van der Waals surface area contributed by atoms with E-state index in [0.29, 0.717) is 16.8 Å². The largest absolute Gasteiger partial charge is 1.00 e. The van der Waals surface area contributed by atoms with E-state index in [0.717, 1.165) is 35.3 Å². The molecule has 0 radical (unpaired) electrons. The van der Waals surface area contributed by atoms with Crippen molar-refractivity contribution in [2.45, 2.75) is 13.0 Å². The number of benzene rings is 2. The third-order valence-electron chi connectivity index (χ3n) is 4.65. The summed E-state index contributed by atoms with van der Waals surface area (Å²) in [5.74, 6) is 0.841. The molecule has 1 aliphatic heterocycles. The molecular formula is C18H17IN4O3. The second kappa shape index (κ2) is 7.02. The molecular weight excluding hydrogens is 447 g/mol. The maximum Gasteiger partial charge on any atom is 0.311 e. The first-order valence-electron chi connectivity index (χ1n) is 8.12. The van der Waals surface area contributed by atoms with Crippen LogP contribution in [-0.2, 0) is 6.54 Å². The number of aryl methyl sites for hydroxylation is 1. The van der Waals surface area contributed by atoms with Crippen molar-refractivity contribution in [1.82, 2.24) is 4.57 Å². The fourth-order valence-corrected chi connectivity index (χ4v) is 3.49. The maximum absolute atomic E-state index is 13.1. The molecule has 1 aliphatic rings. The minimum absolute atomic E-state index is 0. The quantitative estimate of drug-likeness (QED) is 0.231. The van der Waals surface area contributed by atoms with Crippen LogP contribution in [0.4, 0.5) is 11.5 Å². The summed E-state index contributed by atoms with van der Waals surface area (Å²) < 4.78 is 3.09. The van der Waals surface area contributed by atoms with Gasteiger partial charge in [0, 0.05) is 43.2 Å². The Bertz CT molecular complexity index is 1050. The molecule has 0 aliphatic carbocycles. The normalized spacial score (nSPS) is 13.2. The van der Waals surface area contributed by atoms with E-state index in [2.05, 4.69) is 9.47 Å². The molecule has 3 aromatic rings. The molecule has 2 heterocycles. The first-order valence-corrected chi connectivity index (χ1v) is 8.12. The van der Waals surface area contributed by atoms with Crippen LogP contribution in [0.3, 0.4) is 0 Å². The number of non-ortho nitro benzene ring substituents is 1. The Balaban J connectivity index is 0.00000196. The van der Waals surface area contributed by atoms with Crippen molar-refractivity contribution in [3.63, 3.8) is 0 Å². The zero-order chi connectivity index (χ0) is 17.6. The van der Waals surface area contributed by atoms with Gasteiger partial charge in [0.25, 0.3) is 11.2 Å². The Hall–Kier alpha value is -2.49. The van der Waals surface area contributed by atoms with Crippen LogP contribution in [0.15, 0.2) is 48.5 Å². The average molecular weight is 464 g/mol. The third-order valence-corrected chi connectivity index (χ3v) is 4.65. The summed E-state index contributed by atoms with van der Waals surface area (Å²) in [5, 5.41) is 10.9. The SMILES string of the molecule is CN1CCCn2c1c(-c1ccc([N+](=O)[O-])cc1)[n+](=O)c1ccccc12.[I-]. The molecule has 0 spiro atoms. The summed E-state index contributed by atoms with van der Waals surface area (Å²) in [6.45, 7) is 1.69. The van der Waals surface area contributed by atoms with Gasteiger partial charge in [0.2, 0.25) is 0 Å². The molecule has 1 aromatic heterocycles. The lowest BCUT2D eigenvalue weighted by atomic mass is 10.1. The first-order chi connectivity index (χ1) is 12.1. The van der Waals surface area contributed by atoms with E-state index < -0.39 is 4.92 Å². The van der Waals surface area contributed by atoms with Crippen LogP contribution in [0.25, 0.3) is 22.3 Å². The number of fused-ring (bicyclic) bond motifs is 3. The van der Waals surface area contributed by atoms with Gasteiger partial charge in [0.1, 0.15) is 5.52 Å². The first kappa shape index (κ1) is 18.3. The number of hydrogen-bond acceptors (Lipinski definition) is 4. The zero-order valence-electron chi connectivity index (χ0n) is 14.1. The van der Waals surface area contributed by atoms with Crippen molar-refractivity contribution in [2.24, 2.45) is 0 Å². The number of para-hydroxylation sites is 2. The number of halogens is 1. The lowest BCUT2D eigenvalue weighted by Gasteiger charge is -2.29. The van der Waals surface area contributed by atoms with E-state index in [1.807, 2.05) is 25.2 Å². The summed E-state index contributed by atoms with van der Waals surface area (Å²) in [5.41, 5.74) is 2.69. The minimum Gasteiger partial charge on any atom is -1.00 e. The molecule has 2 aromatic carbocycles. The molecule has 7 nitrogen and oxygen atoms in total. The molecule has 0 atom stereocenters. The fourth-order valence-electron chi connectivity index (χ4n) is 3.49. The molecule has 8 heteroatoms. The summed E-state index contributed by atoms with van der Waals surface area (Å²) in [6, 6.07) is 13.7. The average Bonchev–Trinajstić information content (AvgIpc) is 2.63. The van der Waals surface area contributed by atoms with Gasteiger partial charge in [-0.1, -0.05) is 12.1 Å². The van der Waals surface area contributed by atoms with Gasteiger partial charge in [-0.2, -0.15) is 0 Å². The summed E-state index contributed by atoms with van der Waals surface area (Å²) in [6.07, 6.45) is 1.00. The Morgan fingerprint density at radius 2 is 1.77 bits per heavy atom. The second-order valence-electron chi connectivity index (χ2n) is 6.19. The van der Waals surface area contributed by atoms with E-state index in [1.54, 1.807) is 18.2 Å². The number of anilines is 1. The highest BCUT2D eigenvalue weighted by molar-refractivity contribution is 5.80. The predicted octanol–water partition coefficient (Wildman–Crippen LogP) is -0.0251. The number of aromatic nitrogens is 2. The number of hydrogen-bond donors (Lipinski definition) is 0. The topological polar surface area (TPSA) is 74.3 Å². The maximum atomic E-state index is 13.1. The van der Waals surface area contributed by atoms with Gasteiger partial charge >= 0.3 is 5.69 Å². The van der Waals surface area contributed by atoms with Gasteiger partial charge in [-0.3, -0.25) is 10.1 Å². The van der Waals surface area contributed by atoms with Gasteiger partial charge in [-0.25, -0.2) is 0 Å². The smallest absolute Gasteiger partial charge is 0.311 e. The Morgan fingerprint density at radius 3 is 2.46 bits per heavy atom. The molecule has 0 unspecified atom stereocenters. The highest BCUT2D eigenvalue weighted by Crippen LogP contribution is 2.33. The van der Waals surface area contributed by atoms with Crippen molar-refractivity contribution in [1.29, 1.82) is 0 Å². The molecule has 0 amide bonds. The lowest BCUT2D eigenvalue weighted by molar-refractivity contribution is -0.451. The van der Waals surface area contributed by atoms with Gasteiger partial charge in [-0.15, -0.1) is 0 Å². The molecule has 0 fully saturated rings. The predicted molar refractivity (Wildman–Crippen MR) is 95.3 cm³/mol. The molecule has 4 rings (SSSR count). The van der Waals surface area contributed by atoms with Crippen LogP contribution in [0.2, 0.25) is 0 Å². The van der Waals surface area contributed by atoms with Gasteiger partial charge < -0.3 is 33.4 Å². The van der Waals surface area contributed by atoms with Crippen molar-refractivity contribution >= 4 is 22.5 Å². The molecule has 134 valence electrons. The van der Waals surface area contributed by atoms with Gasteiger partial charge in [0.15, 0.2) is 5.82 Å². The van der Waals surface area contributed by atoms with E-state index in [-0.39, 0.29) is 29.7 Å². The number of nitrogens with zero attached hydrogens (tertiary/aromatic N) is 4. The van der Waals surface area contributed by atoms with Gasteiger partial charge in [0.05, 0.1) is 14.9 Å². The van der Waals surface area contributed by atoms with Crippen LogP contribution in [0, 0.1) is 15.0 Å². The number of nitro benzene ring substituents is 1. The monoisotopic (exact) mass is 464 g/mol. The molecule has 0 bridgehead atoms. The molecule has 0 N–H and O–H groups in total. The summed E-state index contributed by atoms with van der Waals surface area (Å²) in [4.78, 5) is 25.6. The Kier molecular flexibility index (Phi) is 4.94. The minimum atomic E-state index is -0.439. The Morgan fingerprint density at radius 1 is 1.08 bits per heavy atom. The lowest BCUT2D eigenvalue weighted by Crippen LogP contribution is -3.00. The van der Waals surface area contributed by atoms with Gasteiger partial charge in [-0.05, 0) is 24.6 Å². The van der Waals surface area contributed by atoms with Crippen LogP contribution in [0.5, 0.6) is 0 Å². The van der Waals surface area contributed by atoms with Crippen LogP contribution in [0.1, 0.15) is 6.42 Å². The van der Waals surface area contributed by atoms with Crippen molar-refractivity contribution < 1.29 is 33.3 Å². The van der Waals surface area contributed by atoms with E-state index in [1.165, 1.54) is 12.1 Å². The van der Waals surface area contributed by atoms with E-state index in [4.69, 9.17) is 0 Å². The van der Waals surface area contributed by atoms with Crippen LogP contribution >= 0.6 is 0 Å². The van der Waals surface area contributed by atoms with Crippen LogP contribution < -0.4 is 33.3 Å². The third kappa shape index (κ3) is 2.83. The van der Waals surface area contributed by atoms with Crippen LogP contribution in [-0.4, -0.2) is 23.1 Å². The summed E-state index contributed by atoms with van der Waals surface area (Å²) >= 11 is 0. The Labute approximate surface area is 166 Å². The number of rotatable bonds is 2. The molecule has 0 saturated heterocycles. The highest BCUT2D eigenvalue weighted by Gasteiger charge is 2.30. The van der Waals surface area contributed by atoms with Crippen molar-refractivity contribution in [3.05, 3.63) is 63.6 Å². The van der Waals surface area contributed by atoms with E-state index in [9.17, 15) is 15.0 Å². The van der Waals surface area contributed by atoms with Crippen molar-refractivity contribution in [2.75, 3.05) is 18.5 Å².